The van der Waals surface area contributed by atoms with Gasteiger partial charge in [-0.3, -0.25) is 14.9 Å². The predicted octanol–water partition coefficient (Wildman–Crippen LogP) is 3.03. The number of rotatable bonds is 3. The fourth-order valence-corrected chi connectivity index (χ4v) is 1.67. The van der Waals surface area contributed by atoms with Gasteiger partial charge in [-0.2, -0.15) is 0 Å². The summed E-state index contributed by atoms with van der Waals surface area (Å²) in [4.78, 5) is 25.7. The van der Waals surface area contributed by atoms with Gasteiger partial charge in [0.15, 0.2) is 0 Å². The van der Waals surface area contributed by atoms with Crippen LogP contribution >= 0.6 is 11.6 Å². The molecular formula is C12H7ClFN3O3. The van der Waals surface area contributed by atoms with Crippen molar-refractivity contribution in [1.29, 1.82) is 0 Å². The van der Waals surface area contributed by atoms with Crippen molar-refractivity contribution < 1.29 is 14.1 Å². The maximum absolute atomic E-state index is 13.0. The number of carbonyl (C=O) groups excluding carboxylic acids is 1. The van der Waals surface area contributed by atoms with Gasteiger partial charge in [-0.05, 0) is 24.3 Å². The van der Waals surface area contributed by atoms with Crippen LogP contribution in [0.3, 0.4) is 0 Å². The first-order valence-electron chi connectivity index (χ1n) is 5.35. The zero-order chi connectivity index (χ0) is 14.7. The lowest BCUT2D eigenvalue weighted by molar-refractivity contribution is -0.385. The van der Waals surface area contributed by atoms with Gasteiger partial charge in [-0.25, -0.2) is 9.37 Å². The lowest BCUT2D eigenvalue weighted by Gasteiger charge is -2.05. The topological polar surface area (TPSA) is 85.1 Å². The molecule has 20 heavy (non-hydrogen) atoms. The van der Waals surface area contributed by atoms with Crippen molar-refractivity contribution in [3.63, 3.8) is 0 Å². The molecule has 2 rings (SSSR count). The Hall–Kier alpha value is -2.54. The van der Waals surface area contributed by atoms with Crippen LogP contribution in [0.5, 0.6) is 0 Å². The highest BCUT2D eigenvalue weighted by Crippen LogP contribution is 2.21. The van der Waals surface area contributed by atoms with E-state index in [2.05, 4.69) is 10.3 Å². The zero-order valence-electron chi connectivity index (χ0n) is 9.84. The average molecular weight is 296 g/mol. The molecule has 1 heterocycles. The highest BCUT2D eigenvalue weighted by atomic mass is 35.5. The number of amides is 1. The SMILES string of the molecule is O=C(Nc1cccc(Cl)n1)c1ccc(F)cc1[N+](=O)[O-]. The first kappa shape index (κ1) is 13.9. The first-order chi connectivity index (χ1) is 9.47. The Bertz CT molecular complexity index is 693. The number of hydrogen-bond donors (Lipinski definition) is 1. The normalized spacial score (nSPS) is 10.1. The second-order valence-corrected chi connectivity index (χ2v) is 4.11. The van der Waals surface area contributed by atoms with Crippen LogP contribution in [0.4, 0.5) is 15.9 Å². The monoisotopic (exact) mass is 295 g/mol. The summed E-state index contributed by atoms with van der Waals surface area (Å²) < 4.78 is 13.0. The van der Waals surface area contributed by atoms with E-state index in [9.17, 15) is 19.3 Å². The molecule has 0 radical (unpaired) electrons. The van der Waals surface area contributed by atoms with Gasteiger partial charge in [0.05, 0.1) is 11.0 Å². The summed E-state index contributed by atoms with van der Waals surface area (Å²) in [6, 6.07) is 7.22. The highest BCUT2D eigenvalue weighted by molar-refractivity contribution is 6.29. The predicted molar refractivity (Wildman–Crippen MR) is 70.3 cm³/mol. The van der Waals surface area contributed by atoms with Gasteiger partial charge >= 0.3 is 0 Å². The van der Waals surface area contributed by atoms with Gasteiger partial charge in [0.25, 0.3) is 11.6 Å². The van der Waals surface area contributed by atoms with Crippen molar-refractivity contribution in [2.75, 3.05) is 5.32 Å². The van der Waals surface area contributed by atoms with Crippen LogP contribution in [0.15, 0.2) is 36.4 Å². The largest absolute Gasteiger partial charge is 0.306 e. The molecule has 0 fully saturated rings. The summed E-state index contributed by atoms with van der Waals surface area (Å²) >= 11 is 5.66. The van der Waals surface area contributed by atoms with Gasteiger partial charge in [0.2, 0.25) is 0 Å². The number of nitro benzene ring substituents is 1. The van der Waals surface area contributed by atoms with E-state index in [-0.39, 0.29) is 16.5 Å². The molecule has 102 valence electrons. The molecule has 1 N–H and O–H groups in total. The minimum absolute atomic E-state index is 0.140. The van der Waals surface area contributed by atoms with Crippen LogP contribution in [-0.4, -0.2) is 15.8 Å². The van der Waals surface area contributed by atoms with E-state index in [1.165, 1.54) is 12.1 Å². The lowest BCUT2D eigenvalue weighted by atomic mass is 10.1. The third-order valence-corrected chi connectivity index (χ3v) is 2.57. The second-order valence-electron chi connectivity index (χ2n) is 3.72. The number of hydrogen-bond acceptors (Lipinski definition) is 4. The van der Waals surface area contributed by atoms with Gasteiger partial charge in [0, 0.05) is 0 Å². The zero-order valence-corrected chi connectivity index (χ0v) is 10.6. The third-order valence-electron chi connectivity index (χ3n) is 2.36. The average Bonchev–Trinajstić information content (AvgIpc) is 2.38. The third kappa shape index (κ3) is 3.07. The van der Waals surface area contributed by atoms with E-state index < -0.39 is 22.3 Å². The molecule has 6 nitrogen and oxygen atoms in total. The van der Waals surface area contributed by atoms with Crippen molar-refractivity contribution in [2.45, 2.75) is 0 Å². The number of halogens is 2. The molecule has 1 aromatic heterocycles. The molecule has 0 bridgehead atoms. The summed E-state index contributed by atoms with van der Waals surface area (Å²) in [7, 11) is 0. The molecular weight excluding hydrogens is 289 g/mol. The summed E-state index contributed by atoms with van der Waals surface area (Å²) in [6.07, 6.45) is 0. The lowest BCUT2D eigenvalue weighted by Crippen LogP contribution is -2.15. The Morgan fingerprint density at radius 3 is 2.75 bits per heavy atom. The van der Waals surface area contributed by atoms with Gasteiger partial charge in [0.1, 0.15) is 22.4 Å². The van der Waals surface area contributed by atoms with Gasteiger partial charge < -0.3 is 5.32 Å². The fraction of sp³-hybridized carbons (Fsp3) is 0. The molecule has 0 spiro atoms. The smallest absolute Gasteiger partial charge is 0.285 e. The molecule has 0 saturated heterocycles. The van der Waals surface area contributed by atoms with E-state index in [1.54, 1.807) is 6.07 Å². The summed E-state index contributed by atoms with van der Waals surface area (Å²) in [5.41, 5.74) is -0.886. The Balaban J connectivity index is 2.32. The molecule has 1 aromatic carbocycles. The molecule has 8 heteroatoms. The van der Waals surface area contributed by atoms with E-state index >= 15 is 0 Å². The van der Waals surface area contributed by atoms with Gasteiger partial charge in [-0.15, -0.1) is 0 Å². The number of nitro groups is 1. The molecule has 2 aromatic rings. The molecule has 0 aliphatic carbocycles. The molecule has 1 amide bonds. The van der Waals surface area contributed by atoms with E-state index in [1.807, 2.05) is 0 Å². The maximum atomic E-state index is 13.0. The van der Waals surface area contributed by atoms with Crippen LogP contribution in [0.2, 0.25) is 5.15 Å². The van der Waals surface area contributed by atoms with Crippen molar-refractivity contribution >= 4 is 29.0 Å². The fourth-order valence-electron chi connectivity index (χ4n) is 1.51. The molecule has 0 aliphatic heterocycles. The van der Waals surface area contributed by atoms with Crippen LogP contribution in [0.25, 0.3) is 0 Å². The van der Waals surface area contributed by atoms with Gasteiger partial charge in [-0.1, -0.05) is 17.7 Å². The van der Waals surface area contributed by atoms with Crippen molar-refractivity contribution in [3.8, 4) is 0 Å². The number of nitrogens with zero attached hydrogens (tertiary/aromatic N) is 2. The standard InChI is InChI=1S/C12H7ClFN3O3/c13-10-2-1-3-11(15-10)16-12(18)8-5-4-7(14)6-9(8)17(19)20/h1-6H,(H,15,16,18). The number of pyridine rings is 1. The minimum atomic E-state index is -0.830. The van der Waals surface area contributed by atoms with Crippen molar-refractivity contribution in [3.05, 3.63) is 63.0 Å². The maximum Gasteiger partial charge on any atom is 0.285 e. The first-order valence-corrected chi connectivity index (χ1v) is 5.73. The Morgan fingerprint density at radius 1 is 1.35 bits per heavy atom. The van der Waals surface area contributed by atoms with Crippen molar-refractivity contribution in [1.82, 2.24) is 4.98 Å². The van der Waals surface area contributed by atoms with Crippen LogP contribution in [0.1, 0.15) is 10.4 Å². The number of nitrogens with one attached hydrogen (secondary N) is 1. The van der Waals surface area contributed by atoms with E-state index in [0.717, 1.165) is 12.1 Å². The van der Waals surface area contributed by atoms with Crippen LogP contribution in [-0.2, 0) is 0 Å². The Morgan fingerprint density at radius 2 is 2.10 bits per heavy atom. The number of benzene rings is 1. The number of aromatic nitrogens is 1. The van der Waals surface area contributed by atoms with Crippen LogP contribution in [0, 0.1) is 15.9 Å². The number of anilines is 1. The number of carbonyl (C=O) groups is 1. The minimum Gasteiger partial charge on any atom is -0.306 e. The Labute approximate surface area is 117 Å². The summed E-state index contributed by atoms with van der Waals surface area (Å²) in [6.45, 7) is 0. The molecule has 0 saturated carbocycles. The highest BCUT2D eigenvalue weighted by Gasteiger charge is 2.21. The molecule has 0 unspecified atom stereocenters. The summed E-state index contributed by atoms with van der Waals surface area (Å²) in [5.74, 6) is -1.43. The summed E-state index contributed by atoms with van der Waals surface area (Å²) in [5, 5.41) is 13.3. The second kappa shape index (κ2) is 5.62. The quantitative estimate of drug-likeness (QED) is 0.536. The van der Waals surface area contributed by atoms with Crippen molar-refractivity contribution in [2.24, 2.45) is 0 Å². The van der Waals surface area contributed by atoms with E-state index in [0.29, 0.717) is 6.07 Å². The Kier molecular flexibility index (Phi) is 3.90. The van der Waals surface area contributed by atoms with Crippen LogP contribution < -0.4 is 5.32 Å². The van der Waals surface area contributed by atoms with E-state index in [4.69, 9.17) is 11.6 Å². The molecule has 0 aliphatic rings. The molecule has 0 atom stereocenters.